The number of hydrogen-bond donors (Lipinski definition) is 1. The van der Waals surface area contributed by atoms with Gasteiger partial charge in [0.15, 0.2) is 0 Å². The number of hydrogen-bond acceptors (Lipinski definition) is 3. The summed E-state index contributed by atoms with van der Waals surface area (Å²) in [5, 5.41) is 3.15. The van der Waals surface area contributed by atoms with Gasteiger partial charge < -0.3 is 4.90 Å². The van der Waals surface area contributed by atoms with E-state index < -0.39 is 11.7 Å². The minimum atomic E-state index is -4.32. The molecule has 0 amide bonds. The van der Waals surface area contributed by atoms with Gasteiger partial charge in [-0.05, 0) is 6.07 Å². The van der Waals surface area contributed by atoms with Crippen LogP contribution >= 0.6 is 11.3 Å². The molecule has 0 saturated carbocycles. The first-order valence-electron chi connectivity index (χ1n) is 9.16. The molecule has 1 aliphatic heterocycles. The molecule has 0 radical (unpaired) electrons. The van der Waals surface area contributed by atoms with Crippen molar-refractivity contribution in [2.75, 3.05) is 31.1 Å². The zero-order valence-corrected chi connectivity index (χ0v) is 16.0. The summed E-state index contributed by atoms with van der Waals surface area (Å²) in [6.07, 6.45) is -3.28. The van der Waals surface area contributed by atoms with Crippen LogP contribution in [0.2, 0.25) is 0 Å². The van der Waals surface area contributed by atoms with E-state index in [1.54, 1.807) is 11.3 Å². The predicted molar refractivity (Wildman–Crippen MR) is 102 cm³/mol. The fourth-order valence-corrected chi connectivity index (χ4v) is 4.21. The average molecular weight is 406 g/mol. The first-order valence-corrected chi connectivity index (χ1v) is 10.0. The molecule has 0 atom stereocenters. The number of anilines is 1. The molecule has 1 fully saturated rings. The van der Waals surface area contributed by atoms with Crippen molar-refractivity contribution < 1.29 is 23.1 Å². The van der Waals surface area contributed by atoms with E-state index in [0.717, 1.165) is 67.1 Å². The molecule has 8 heteroatoms. The monoisotopic (exact) mass is 406 g/mol. The van der Waals surface area contributed by atoms with Gasteiger partial charge in [0.25, 0.3) is 5.82 Å². The van der Waals surface area contributed by atoms with Crippen LogP contribution in [0.3, 0.4) is 0 Å². The number of nitrogens with zero attached hydrogens (tertiary/aromatic N) is 2. The van der Waals surface area contributed by atoms with E-state index in [1.807, 2.05) is 18.2 Å². The fraction of sp³-hybridized carbons (Fsp3) is 0.300. The molecular formula is C20H21F3N4S+2. The van der Waals surface area contributed by atoms with Gasteiger partial charge in [-0.2, -0.15) is 13.2 Å². The molecule has 1 saturated heterocycles. The van der Waals surface area contributed by atoms with Gasteiger partial charge in [-0.1, -0.05) is 30.3 Å². The van der Waals surface area contributed by atoms with Crippen molar-refractivity contribution in [1.82, 2.24) is 4.98 Å². The molecular weight excluding hydrogens is 385 g/mol. The Bertz CT molecular complexity index is 901. The molecule has 1 aliphatic rings. The van der Waals surface area contributed by atoms with Crippen molar-refractivity contribution in [2.24, 2.45) is 0 Å². The van der Waals surface area contributed by atoms with Gasteiger partial charge in [0, 0.05) is 17.0 Å². The van der Waals surface area contributed by atoms with Gasteiger partial charge in [-0.3, -0.25) is 4.90 Å². The predicted octanol–water partition coefficient (Wildman–Crippen LogP) is 2.55. The van der Waals surface area contributed by atoms with Crippen LogP contribution in [0.15, 0.2) is 54.0 Å². The second kappa shape index (κ2) is 7.89. The number of rotatable bonds is 4. The van der Waals surface area contributed by atoms with Gasteiger partial charge in [0.2, 0.25) is 0 Å². The molecule has 2 N–H and O–H groups in total. The third kappa shape index (κ3) is 4.34. The molecule has 4 nitrogen and oxygen atoms in total. The van der Waals surface area contributed by atoms with E-state index in [0.29, 0.717) is 0 Å². The molecule has 1 aromatic carbocycles. The first-order chi connectivity index (χ1) is 13.5. The lowest BCUT2D eigenvalue weighted by Crippen LogP contribution is -3.13. The van der Waals surface area contributed by atoms with Crippen molar-refractivity contribution in [3.8, 4) is 10.6 Å². The quantitative estimate of drug-likeness (QED) is 0.723. The zero-order valence-electron chi connectivity index (χ0n) is 15.2. The molecule has 4 rings (SSSR count). The third-order valence-electron chi connectivity index (χ3n) is 4.94. The summed E-state index contributed by atoms with van der Waals surface area (Å²) < 4.78 is 38.1. The largest absolute Gasteiger partial charge is 0.419 e. The molecule has 0 unspecified atom stereocenters. The molecule has 0 aliphatic carbocycles. The number of quaternary nitrogens is 1. The van der Waals surface area contributed by atoms with Gasteiger partial charge in [-0.25, -0.2) is 9.97 Å². The molecule has 28 heavy (non-hydrogen) atoms. The summed E-state index contributed by atoms with van der Waals surface area (Å²) in [6.45, 7) is 4.31. The molecule has 2 aromatic heterocycles. The number of aromatic nitrogens is 2. The Morgan fingerprint density at radius 1 is 1.07 bits per heavy atom. The number of nitrogens with one attached hydrogen (secondary N) is 2. The van der Waals surface area contributed by atoms with Crippen LogP contribution in [0.25, 0.3) is 10.6 Å². The molecule has 0 bridgehead atoms. The lowest BCUT2D eigenvalue weighted by Gasteiger charge is -2.27. The Labute approximate surface area is 165 Å². The second-order valence-electron chi connectivity index (χ2n) is 6.88. The number of piperazine rings is 1. The topological polar surface area (TPSA) is 34.7 Å². The van der Waals surface area contributed by atoms with E-state index in [9.17, 15) is 13.2 Å². The summed E-state index contributed by atoms with van der Waals surface area (Å²) in [5.74, 6) is 0.729. The maximum Gasteiger partial charge on any atom is 0.419 e. The van der Waals surface area contributed by atoms with Crippen molar-refractivity contribution in [1.29, 1.82) is 0 Å². The highest BCUT2D eigenvalue weighted by molar-refractivity contribution is 7.13. The van der Waals surface area contributed by atoms with Crippen LogP contribution in [-0.2, 0) is 12.7 Å². The summed E-state index contributed by atoms with van der Waals surface area (Å²) in [7, 11) is 0. The van der Waals surface area contributed by atoms with Gasteiger partial charge in [0.1, 0.15) is 49.6 Å². The minimum absolute atomic E-state index is 0.654. The maximum absolute atomic E-state index is 12.7. The van der Waals surface area contributed by atoms with Crippen molar-refractivity contribution >= 4 is 17.2 Å². The minimum Gasteiger partial charge on any atom is -0.323 e. The Morgan fingerprint density at radius 3 is 2.46 bits per heavy atom. The van der Waals surface area contributed by atoms with Gasteiger partial charge in [-0.15, -0.1) is 11.3 Å². The third-order valence-corrected chi connectivity index (χ3v) is 5.88. The summed E-state index contributed by atoms with van der Waals surface area (Å²) in [4.78, 5) is 11.1. The van der Waals surface area contributed by atoms with Crippen LogP contribution in [0, 0.1) is 0 Å². The van der Waals surface area contributed by atoms with E-state index in [1.165, 1.54) is 11.0 Å². The number of pyridine rings is 1. The van der Waals surface area contributed by atoms with Crippen molar-refractivity contribution in [2.45, 2.75) is 12.7 Å². The lowest BCUT2D eigenvalue weighted by molar-refractivity contribution is -0.914. The first kappa shape index (κ1) is 18.9. The summed E-state index contributed by atoms with van der Waals surface area (Å²) in [5.41, 5.74) is 1.57. The van der Waals surface area contributed by atoms with E-state index in [2.05, 4.69) is 27.4 Å². The van der Waals surface area contributed by atoms with Crippen LogP contribution in [0.5, 0.6) is 0 Å². The highest BCUT2D eigenvalue weighted by Crippen LogP contribution is 2.28. The second-order valence-corrected chi connectivity index (χ2v) is 7.74. The Balaban J connectivity index is 1.33. The molecule has 146 valence electrons. The summed E-state index contributed by atoms with van der Waals surface area (Å²) >= 11 is 1.66. The SMILES string of the molecule is FC(F)(F)c1ccc(N2CC[NH+](Cc3csc(-c4ccccc4)n3)CC2)[nH+]c1. The number of H-pyrrole nitrogens is 1. The Morgan fingerprint density at radius 2 is 1.82 bits per heavy atom. The van der Waals surface area contributed by atoms with Gasteiger partial charge >= 0.3 is 6.18 Å². The number of aromatic amines is 1. The zero-order chi connectivity index (χ0) is 19.6. The number of thiazole rings is 1. The van der Waals surface area contributed by atoms with Crippen LogP contribution in [0.4, 0.5) is 19.0 Å². The number of halogens is 3. The van der Waals surface area contributed by atoms with Crippen molar-refractivity contribution in [3.63, 3.8) is 0 Å². The highest BCUT2D eigenvalue weighted by atomic mass is 32.1. The fourth-order valence-electron chi connectivity index (χ4n) is 3.39. The number of benzene rings is 1. The van der Waals surface area contributed by atoms with Crippen LogP contribution < -0.4 is 14.8 Å². The molecule has 0 spiro atoms. The summed E-state index contributed by atoms with van der Waals surface area (Å²) in [6, 6.07) is 12.8. The standard InChI is InChI=1S/C20H19F3N4S/c21-20(22,23)16-6-7-18(24-12-16)27-10-8-26(9-11-27)13-17-14-28-19(25-17)15-4-2-1-3-5-15/h1-7,12,14H,8-11,13H2/p+2. The van der Waals surface area contributed by atoms with Crippen LogP contribution in [0.1, 0.15) is 11.3 Å². The van der Waals surface area contributed by atoms with Crippen LogP contribution in [-0.4, -0.2) is 31.2 Å². The Hall–Kier alpha value is -2.45. The average Bonchev–Trinajstić information content (AvgIpc) is 3.17. The normalized spacial score (nSPS) is 15.8. The highest BCUT2D eigenvalue weighted by Gasteiger charge is 2.33. The van der Waals surface area contributed by atoms with Crippen molar-refractivity contribution in [3.05, 3.63) is 65.3 Å². The van der Waals surface area contributed by atoms with E-state index >= 15 is 0 Å². The smallest absolute Gasteiger partial charge is 0.323 e. The van der Waals surface area contributed by atoms with E-state index in [-0.39, 0.29) is 0 Å². The molecule has 3 heterocycles. The lowest BCUT2D eigenvalue weighted by atomic mass is 10.2. The number of alkyl halides is 3. The molecule has 3 aromatic rings. The van der Waals surface area contributed by atoms with Gasteiger partial charge in [0.05, 0.1) is 5.56 Å². The van der Waals surface area contributed by atoms with E-state index in [4.69, 9.17) is 4.98 Å². The Kier molecular flexibility index (Phi) is 5.32. The maximum atomic E-state index is 12.7.